The number of hydrogen-bond acceptors (Lipinski definition) is 2. The summed E-state index contributed by atoms with van der Waals surface area (Å²) < 4.78 is 0. The first-order chi connectivity index (χ1) is 9.47. The summed E-state index contributed by atoms with van der Waals surface area (Å²) in [6.45, 7) is 5.42. The maximum atomic E-state index is 12.1. The van der Waals surface area contributed by atoms with E-state index in [2.05, 4.69) is 10.3 Å². The van der Waals surface area contributed by atoms with E-state index in [1.54, 1.807) is 12.3 Å². The summed E-state index contributed by atoms with van der Waals surface area (Å²) in [5.74, 6) is -0.280. The summed E-state index contributed by atoms with van der Waals surface area (Å²) in [6.07, 6.45) is 1.55. The zero-order valence-corrected chi connectivity index (χ0v) is 11.9. The molecule has 1 atom stereocenters. The highest BCUT2D eigenvalue weighted by molar-refractivity contribution is 5.99. The van der Waals surface area contributed by atoms with Crippen LogP contribution in [0.25, 0.3) is 0 Å². The number of amides is 1. The summed E-state index contributed by atoms with van der Waals surface area (Å²) in [5, 5.41) is 2.90. The van der Waals surface area contributed by atoms with Crippen molar-refractivity contribution in [3.05, 3.63) is 58.9 Å². The van der Waals surface area contributed by atoms with Gasteiger partial charge in [0.2, 0.25) is 0 Å². The molecule has 0 saturated heterocycles. The fraction of sp³-hybridized carbons (Fsp3) is 0.250. The van der Waals surface area contributed by atoms with Crippen LogP contribution in [0.4, 0.5) is 0 Å². The normalized spacial score (nSPS) is 11.9. The molecule has 0 aliphatic rings. The molecule has 0 spiro atoms. The second-order valence-corrected chi connectivity index (χ2v) is 4.96. The van der Waals surface area contributed by atoms with Gasteiger partial charge in [-0.3, -0.25) is 9.59 Å². The van der Waals surface area contributed by atoms with Crippen molar-refractivity contribution in [1.82, 2.24) is 10.3 Å². The lowest BCUT2D eigenvalue weighted by atomic mass is 10.1. The first-order valence-electron chi connectivity index (χ1n) is 6.54. The van der Waals surface area contributed by atoms with Gasteiger partial charge in [0.15, 0.2) is 5.78 Å². The monoisotopic (exact) mass is 270 g/mol. The van der Waals surface area contributed by atoms with Crippen molar-refractivity contribution in [3.8, 4) is 0 Å². The molecule has 104 valence electrons. The van der Waals surface area contributed by atoms with Gasteiger partial charge in [0.1, 0.15) is 5.69 Å². The van der Waals surface area contributed by atoms with Crippen LogP contribution in [-0.4, -0.2) is 16.7 Å². The van der Waals surface area contributed by atoms with Gasteiger partial charge in [0.05, 0.1) is 6.04 Å². The van der Waals surface area contributed by atoms with Crippen LogP contribution in [0.5, 0.6) is 0 Å². The van der Waals surface area contributed by atoms with E-state index < -0.39 is 0 Å². The van der Waals surface area contributed by atoms with Crippen LogP contribution in [0.2, 0.25) is 0 Å². The molecule has 4 heteroatoms. The predicted octanol–water partition coefficient (Wildman–Crippen LogP) is 3.02. The largest absolute Gasteiger partial charge is 0.356 e. The van der Waals surface area contributed by atoms with E-state index in [-0.39, 0.29) is 17.7 Å². The van der Waals surface area contributed by atoms with Crippen LogP contribution >= 0.6 is 0 Å². The first kappa shape index (κ1) is 14.1. The van der Waals surface area contributed by atoms with E-state index >= 15 is 0 Å². The second kappa shape index (κ2) is 5.74. The van der Waals surface area contributed by atoms with Crippen LogP contribution in [0.3, 0.4) is 0 Å². The second-order valence-electron chi connectivity index (χ2n) is 4.96. The van der Waals surface area contributed by atoms with Gasteiger partial charge in [-0.05, 0) is 32.4 Å². The quantitative estimate of drug-likeness (QED) is 0.839. The first-order valence-corrected chi connectivity index (χ1v) is 6.54. The standard InChI is InChI=1S/C16H18N2O2/c1-10-4-6-13(7-5-10)11(2)18-16(20)15-8-14(9-17-15)12(3)19/h4-9,11,17H,1-3H3,(H,18,20). The Hall–Kier alpha value is -2.36. The maximum absolute atomic E-state index is 12.1. The van der Waals surface area contributed by atoms with Crippen LogP contribution in [0, 0.1) is 6.92 Å². The van der Waals surface area contributed by atoms with E-state index in [0.29, 0.717) is 11.3 Å². The SMILES string of the molecule is CC(=O)c1c[nH]c(C(=O)NC(C)c2ccc(C)cc2)c1. The molecule has 1 unspecified atom stereocenters. The topological polar surface area (TPSA) is 62.0 Å². The van der Waals surface area contributed by atoms with E-state index in [4.69, 9.17) is 0 Å². The third-order valence-corrected chi connectivity index (χ3v) is 3.26. The van der Waals surface area contributed by atoms with E-state index in [0.717, 1.165) is 5.56 Å². The number of aromatic nitrogens is 1. The van der Waals surface area contributed by atoms with Crippen molar-refractivity contribution in [3.63, 3.8) is 0 Å². The Morgan fingerprint density at radius 1 is 1.20 bits per heavy atom. The molecular formula is C16H18N2O2. The molecule has 1 amide bonds. The maximum Gasteiger partial charge on any atom is 0.268 e. The number of benzene rings is 1. The van der Waals surface area contributed by atoms with Gasteiger partial charge >= 0.3 is 0 Å². The number of rotatable bonds is 4. The number of aromatic amines is 1. The summed E-state index contributed by atoms with van der Waals surface area (Å²) in [5.41, 5.74) is 3.14. The van der Waals surface area contributed by atoms with Crippen LogP contribution < -0.4 is 5.32 Å². The molecule has 1 aromatic heterocycles. The van der Waals surface area contributed by atoms with E-state index in [1.165, 1.54) is 12.5 Å². The third-order valence-electron chi connectivity index (χ3n) is 3.26. The Labute approximate surface area is 118 Å². The molecule has 0 bridgehead atoms. The number of carbonyl (C=O) groups excluding carboxylic acids is 2. The Kier molecular flexibility index (Phi) is 4.03. The lowest BCUT2D eigenvalue weighted by Crippen LogP contribution is -2.26. The van der Waals surface area contributed by atoms with Gasteiger partial charge in [0.25, 0.3) is 5.91 Å². The highest BCUT2D eigenvalue weighted by atomic mass is 16.2. The Bertz CT molecular complexity index is 626. The smallest absolute Gasteiger partial charge is 0.268 e. The summed E-state index contributed by atoms with van der Waals surface area (Å²) in [4.78, 5) is 26.1. The molecule has 0 aliphatic carbocycles. The van der Waals surface area contributed by atoms with Crippen molar-refractivity contribution in [2.75, 3.05) is 0 Å². The molecule has 20 heavy (non-hydrogen) atoms. The molecule has 1 heterocycles. The summed E-state index contributed by atoms with van der Waals surface area (Å²) in [7, 11) is 0. The minimum Gasteiger partial charge on any atom is -0.356 e. The predicted molar refractivity (Wildman–Crippen MR) is 77.9 cm³/mol. The van der Waals surface area contributed by atoms with Crippen molar-refractivity contribution in [2.24, 2.45) is 0 Å². The average molecular weight is 270 g/mol. The van der Waals surface area contributed by atoms with Gasteiger partial charge in [-0.25, -0.2) is 0 Å². The number of aryl methyl sites for hydroxylation is 1. The molecule has 0 fully saturated rings. The van der Waals surface area contributed by atoms with Gasteiger partial charge in [0, 0.05) is 11.8 Å². The van der Waals surface area contributed by atoms with Gasteiger partial charge < -0.3 is 10.3 Å². The molecule has 2 rings (SSSR count). The number of ketones is 1. The molecule has 2 aromatic rings. The van der Waals surface area contributed by atoms with Crippen molar-refractivity contribution in [2.45, 2.75) is 26.8 Å². The number of Topliss-reactive ketones (excluding diaryl/α,β-unsaturated/α-hetero) is 1. The Morgan fingerprint density at radius 2 is 1.85 bits per heavy atom. The fourth-order valence-corrected chi connectivity index (χ4v) is 1.94. The molecule has 1 aromatic carbocycles. The molecule has 4 nitrogen and oxygen atoms in total. The van der Waals surface area contributed by atoms with Crippen LogP contribution in [-0.2, 0) is 0 Å². The molecule has 0 radical (unpaired) electrons. The van der Waals surface area contributed by atoms with Crippen LogP contribution in [0.1, 0.15) is 51.9 Å². The van der Waals surface area contributed by atoms with E-state index in [9.17, 15) is 9.59 Å². The zero-order chi connectivity index (χ0) is 14.7. The molecular weight excluding hydrogens is 252 g/mol. The van der Waals surface area contributed by atoms with Gasteiger partial charge in [-0.1, -0.05) is 29.8 Å². The lowest BCUT2D eigenvalue weighted by Gasteiger charge is -2.13. The van der Waals surface area contributed by atoms with Crippen molar-refractivity contribution in [1.29, 1.82) is 0 Å². The Morgan fingerprint density at radius 3 is 2.40 bits per heavy atom. The summed E-state index contributed by atoms with van der Waals surface area (Å²) >= 11 is 0. The van der Waals surface area contributed by atoms with Crippen molar-refractivity contribution < 1.29 is 9.59 Å². The Balaban J connectivity index is 2.06. The van der Waals surface area contributed by atoms with Gasteiger partial charge in [-0.15, -0.1) is 0 Å². The minimum atomic E-state index is -0.217. The third kappa shape index (κ3) is 3.15. The number of hydrogen-bond donors (Lipinski definition) is 2. The fourth-order valence-electron chi connectivity index (χ4n) is 1.94. The lowest BCUT2D eigenvalue weighted by molar-refractivity contribution is 0.0935. The summed E-state index contributed by atoms with van der Waals surface area (Å²) in [6, 6.07) is 9.50. The van der Waals surface area contributed by atoms with Crippen molar-refractivity contribution >= 4 is 11.7 Å². The number of H-pyrrole nitrogens is 1. The van der Waals surface area contributed by atoms with E-state index in [1.807, 2.05) is 38.1 Å². The number of nitrogens with one attached hydrogen (secondary N) is 2. The molecule has 0 saturated carbocycles. The van der Waals surface area contributed by atoms with Gasteiger partial charge in [-0.2, -0.15) is 0 Å². The molecule has 2 N–H and O–H groups in total. The number of carbonyl (C=O) groups is 2. The average Bonchev–Trinajstić information content (AvgIpc) is 2.89. The highest BCUT2D eigenvalue weighted by Gasteiger charge is 2.14. The highest BCUT2D eigenvalue weighted by Crippen LogP contribution is 2.14. The zero-order valence-electron chi connectivity index (χ0n) is 11.9. The van der Waals surface area contributed by atoms with Crippen LogP contribution in [0.15, 0.2) is 36.5 Å². The minimum absolute atomic E-state index is 0.0631. The molecule has 0 aliphatic heterocycles.